The SMILES string of the molecule is CCNC(C1=CCCCCCC1)C(CC)CC. The van der Waals surface area contributed by atoms with Crippen molar-refractivity contribution in [3.8, 4) is 0 Å². The van der Waals surface area contributed by atoms with Crippen LogP contribution in [-0.4, -0.2) is 12.6 Å². The second kappa shape index (κ2) is 8.74. The molecule has 1 heteroatoms. The Kier molecular flexibility index (Phi) is 7.59. The summed E-state index contributed by atoms with van der Waals surface area (Å²) in [6, 6.07) is 0.646. The monoisotopic (exact) mass is 237 g/mol. The molecular weight excluding hydrogens is 206 g/mol. The lowest BCUT2D eigenvalue weighted by Crippen LogP contribution is -2.37. The van der Waals surface area contributed by atoms with E-state index in [4.69, 9.17) is 0 Å². The van der Waals surface area contributed by atoms with E-state index in [9.17, 15) is 0 Å². The maximum Gasteiger partial charge on any atom is 0.0307 e. The Morgan fingerprint density at radius 2 is 1.76 bits per heavy atom. The Hall–Kier alpha value is -0.300. The summed E-state index contributed by atoms with van der Waals surface area (Å²) < 4.78 is 0. The van der Waals surface area contributed by atoms with E-state index < -0.39 is 0 Å². The van der Waals surface area contributed by atoms with E-state index in [1.807, 2.05) is 0 Å². The fourth-order valence-electron chi connectivity index (χ4n) is 3.08. The van der Waals surface area contributed by atoms with Gasteiger partial charge in [-0.3, -0.25) is 0 Å². The number of hydrogen-bond acceptors (Lipinski definition) is 1. The fraction of sp³-hybridized carbons (Fsp3) is 0.875. The van der Waals surface area contributed by atoms with Crippen LogP contribution >= 0.6 is 0 Å². The van der Waals surface area contributed by atoms with Gasteiger partial charge < -0.3 is 5.32 Å². The minimum Gasteiger partial charge on any atom is -0.310 e. The van der Waals surface area contributed by atoms with Crippen LogP contribution in [0, 0.1) is 5.92 Å². The molecule has 0 aliphatic heterocycles. The van der Waals surface area contributed by atoms with Gasteiger partial charge in [-0.15, -0.1) is 0 Å². The van der Waals surface area contributed by atoms with Crippen LogP contribution in [0.5, 0.6) is 0 Å². The van der Waals surface area contributed by atoms with E-state index in [0.29, 0.717) is 6.04 Å². The highest BCUT2D eigenvalue weighted by molar-refractivity contribution is 5.13. The minimum absolute atomic E-state index is 0.646. The first-order valence-electron chi connectivity index (χ1n) is 7.75. The van der Waals surface area contributed by atoms with Crippen molar-refractivity contribution in [2.75, 3.05) is 6.54 Å². The van der Waals surface area contributed by atoms with Crippen molar-refractivity contribution in [3.63, 3.8) is 0 Å². The van der Waals surface area contributed by atoms with Gasteiger partial charge in [-0.2, -0.15) is 0 Å². The molecule has 0 heterocycles. The molecule has 0 radical (unpaired) electrons. The van der Waals surface area contributed by atoms with Gasteiger partial charge >= 0.3 is 0 Å². The molecule has 1 aliphatic carbocycles. The van der Waals surface area contributed by atoms with Crippen LogP contribution in [0.2, 0.25) is 0 Å². The van der Waals surface area contributed by atoms with Crippen molar-refractivity contribution in [2.45, 2.75) is 78.2 Å². The first-order chi connectivity index (χ1) is 8.33. The lowest BCUT2D eigenvalue weighted by molar-refractivity contribution is 0.364. The van der Waals surface area contributed by atoms with Crippen molar-refractivity contribution in [1.29, 1.82) is 0 Å². The molecule has 0 bridgehead atoms. The minimum atomic E-state index is 0.646. The third kappa shape index (κ3) is 4.83. The van der Waals surface area contributed by atoms with Crippen molar-refractivity contribution in [3.05, 3.63) is 11.6 Å². The summed E-state index contributed by atoms with van der Waals surface area (Å²) in [7, 11) is 0. The smallest absolute Gasteiger partial charge is 0.0307 e. The number of nitrogens with one attached hydrogen (secondary N) is 1. The van der Waals surface area contributed by atoms with Crippen LogP contribution in [0.4, 0.5) is 0 Å². The molecule has 1 unspecified atom stereocenters. The molecule has 0 aromatic heterocycles. The van der Waals surface area contributed by atoms with Crippen molar-refractivity contribution >= 4 is 0 Å². The van der Waals surface area contributed by atoms with Crippen LogP contribution in [-0.2, 0) is 0 Å². The van der Waals surface area contributed by atoms with E-state index in [2.05, 4.69) is 32.2 Å². The first-order valence-corrected chi connectivity index (χ1v) is 7.75. The number of likely N-dealkylation sites (N-methyl/N-ethyl adjacent to an activating group) is 1. The van der Waals surface area contributed by atoms with Gasteiger partial charge in [0.1, 0.15) is 0 Å². The second-order valence-electron chi connectivity index (χ2n) is 5.34. The first kappa shape index (κ1) is 14.8. The largest absolute Gasteiger partial charge is 0.310 e. The molecule has 0 spiro atoms. The van der Waals surface area contributed by atoms with Crippen LogP contribution in [0.3, 0.4) is 0 Å². The van der Waals surface area contributed by atoms with E-state index in [0.717, 1.165) is 12.5 Å². The standard InChI is InChI=1S/C16H31N/c1-4-14(5-2)16(17-6-3)15-12-10-8-7-9-11-13-15/h12,14,16-17H,4-11,13H2,1-3H3. The van der Waals surface area contributed by atoms with Gasteiger partial charge in [0.05, 0.1) is 0 Å². The highest BCUT2D eigenvalue weighted by Gasteiger charge is 2.21. The Morgan fingerprint density at radius 3 is 2.41 bits per heavy atom. The molecule has 0 saturated heterocycles. The third-order valence-electron chi connectivity index (χ3n) is 4.17. The molecule has 0 amide bonds. The zero-order valence-corrected chi connectivity index (χ0v) is 12.1. The van der Waals surface area contributed by atoms with Gasteiger partial charge in [-0.05, 0) is 38.1 Å². The van der Waals surface area contributed by atoms with Gasteiger partial charge in [0.25, 0.3) is 0 Å². The van der Waals surface area contributed by atoms with E-state index >= 15 is 0 Å². The molecule has 0 aromatic rings. The number of rotatable bonds is 6. The van der Waals surface area contributed by atoms with Gasteiger partial charge in [-0.1, -0.05) is 58.1 Å². The van der Waals surface area contributed by atoms with Crippen molar-refractivity contribution < 1.29 is 0 Å². The molecule has 1 rings (SSSR count). The molecule has 100 valence electrons. The van der Waals surface area contributed by atoms with Crippen LogP contribution in [0.1, 0.15) is 72.1 Å². The van der Waals surface area contributed by atoms with Crippen LogP contribution in [0.25, 0.3) is 0 Å². The summed E-state index contributed by atoms with van der Waals surface area (Å²) in [6.07, 6.45) is 13.4. The van der Waals surface area contributed by atoms with Crippen LogP contribution < -0.4 is 5.32 Å². The van der Waals surface area contributed by atoms with Crippen molar-refractivity contribution in [2.24, 2.45) is 5.92 Å². The lowest BCUT2D eigenvalue weighted by atomic mass is 9.84. The van der Waals surface area contributed by atoms with Gasteiger partial charge in [-0.25, -0.2) is 0 Å². The number of allylic oxidation sites excluding steroid dienone is 1. The second-order valence-corrected chi connectivity index (χ2v) is 5.34. The molecule has 1 atom stereocenters. The summed E-state index contributed by atoms with van der Waals surface area (Å²) in [6.45, 7) is 8.00. The summed E-state index contributed by atoms with van der Waals surface area (Å²) in [5, 5.41) is 3.73. The summed E-state index contributed by atoms with van der Waals surface area (Å²) in [4.78, 5) is 0. The zero-order chi connectivity index (χ0) is 12.5. The predicted molar refractivity (Wildman–Crippen MR) is 77.3 cm³/mol. The van der Waals surface area contributed by atoms with Gasteiger partial charge in [0, 0.05) is 6.04 Å². The lowest BCUT2D eigenvalue weighted by Gasteiger charge is -2.29. The maximum absolute atomic E-state index is 3.73. The fourth-order valence-corrected chi connectivity index (χ4v) is 3.08. The maximum atomic E-state index is 3.73. The molecule has 0 saturated carbocycles. The molecule has 0 fully saturated rings. The van der Waals surface area contributed by atoms with E-state index in [1.54, 1.807) is 5.57 Å². The van der Waals surface area contributed by atoms with Crippen molar-refractivity contribution in [1.82, 2.24) is 5.32 Å². The summed E-state index contributed by atoms with van der Waals surface area (Å²) in [5.41, 5.74) is 1.71. The summed E-state index contributed by atoms with van der Waals surface area (Å²) >= 11 is 0. The summed E-state index contributed by atoms with van der Waals surface area (Å²) in [5.74, 6) is 0.820. The highest BCUT2D eigenvalue weighted by atomic mass is 14.9. The molecule has 1 N–H and O–H groups in total. The highest BCUT2D eigenvalue weighted by Crippen LogP contribution is 2.26. The Morgan fingerprint density at radius 1 is 1.06 bits per heavy atom. The molecule has 0 aromatic carbocycles. The molecule has 1 nitrogen and oxygen atoms in total. The van der Waals surface area contributed by atoms with Gasteiger partial charge in [0.15, 0.2) is 0 Å². The zero-order valence-electron chi connectivity index (χ0n) is 12.1. The average Bonchev–Trinajstić information content (AvgIpc) is 2.29. The average molecular weight is 237 g/mol. The van der Waals surface area contributed by atoms with E-state index in [1.165, 1.54) is 51.4 Å². The van der Waals surface area contributed by atoms with Crippen LogP contribution in [0.15, 0.2) is 11.6 Å². The topological polar surface area (TPSA) is 12.0 Å². The third-order valence-corrected chi connectivity index (χ3v) is 4.17. The Labute approximate surface area is 108 Å². The normalized spacial score (nSPS) is 19.6. The Bertz CT molecular complexity index is 216. The molecule has 1 aliphatic rings. The Balaban J connectivity index is 2.71. The molecular formula is C16H31N. The predicted octanol–water partition coefficient (Wildman–Crippen LogP) is 4.68. The number of hydrogen-bond donors (Lipinski definition) is 1. The quantitative estimate of drug-likeness (QED) is 0.661. The molecule has 17 heavy (non-hydrogen) atoms. The van der Waals surface area contributed by atoms with E-state index in [-0.39, 0.29) is 0 Å². The van der Waals surface area contributed by atoms with Gasteiger partial charge in [0.2, 0.25) is 0 Å².